The first kappa shape index (κ1) is 32.6. The lowest BCUT2D eigenvalue weighted by Crippen LogP contribution is -2.55. The number of anilines is 3. The maximum atomic E-state index is 12.7. The summed E-state index contributed by atoms with van der Waals surface area (Å²) in [5.74, 6) is 0.668. The van der Waals surface area contributed by atoms with Crippen LogP contribution < -0.4 is 15.1 Å². The van der Waals surface area contributed by atoms with Crippen molar-refractivity contribution >= 4 is 40.5 Å². The molecule has 2 aromatic heterocycles. The van der Waals surface area contributed by atoms with E-state index >= 15 is 0 Å². The van der Waals surface area contributed by atoms with Crippen LogP contribution >= 0.6 is 0 Å². The quantitative estimate of drug-likeness (QED) is 0.363. The van der Waals surface area contributed by atoms with E-state index in [0.717, 1.165) is 93.0 Å². The van der Waals surface area contributed by atoms with E-state index in [1.807, 2.05) is 56.8 Å². The van der Waals surface area contributed by atoms with Gasteiger partial charge in [-0.15, -0.1) is 5.10 Å². The average Bonchev–Trinajstić information content (AvgIpc) is 3.58. The van der Waals surface area contributed by atoms with Crippen molar-refractivity contribution in [2.75, 3.05) is 42.6 Å². The average molecular weight is 662 g/mol. The Morgan fingerprint density at radius 3 is 2.67 bits per heavy atom. The molecule has 13 heteroatoms. The zero-order valence-electron chi connectivity index (χ0n) is 28.4. The topological polar surface area (TPSA) is 144 Å². The number of piperidine rings is 1. The Labute approximate surface area is 280 Å². The molecule has 1 aromatic carbocycles. The molecule has 0 aliphatic carbocycles. The molecule has 4 aliphatic heterocycles. The van der Waals surface area contributed by atoms with E-state index in [9.17, 15) is 14.7 Å². The smallest absolute Gasteiger partial charge is 0.407 e. The van der Waals surface area contributed by atoms with E-state index in [1.165, 1.54) is 0 Å². The normalized spacial score (nSPS) is 24.1. The lowest BCUT2D eigenvalue weighted by Gasteiger charge is -2.42. The third-order valence-corrected chi connectivity index (χ3v) is 10.3. The van der Waals surface area contributed by atoms with Gasteiger partial charge in [-0.05, 0) is 89.8 Å². The van der Waals surface area contributed by atoms with Crippen molar-refractivity contribution in [3.05, 3.63) is 35.5 Å². The number of ether oxygens (including phenoxy) is 3. The first-order valence-corrected chi connectivity index (χ1v) is 17.3. The second-order valence-corrected chi connectivity index (χ2v) is 14.7. The van der Waals surface area contributed by atoms with Gasteiger partial charge in [-0.1, -0.05) is 12.1 Å². The number of carboxylic acids is 1. The molecular formula is C35H47N7O6. The summed E-state index contributed by atoms with van der Waals surface area (Å²) in [5, 5.41) is 17.8. The molecule has 13 nitrogen and oxygen atoms in total. The van der Waals surface area contributed by atoms with Gasteiger partial charge in [0.1, 0.15) is 11.4 Å². The van der Waals surface area contributed by atoms with Crippen LogP contribution in [0.4, 0.5) is 22.1 Å². The molecule has 1 unspecified atom stereocenters. The Morgan fingerprint density at radius 1 is 1.12 bits per heavy atom. The van der Waals surface area contributed by atoms with Gasteiger partial charge in [-0.25, -0.2) is 19.4 Å². The van der Waals surface area contributed by atoms with Crippen LogP contribution in [-0.4, -0.2) is 87.5 Å². The van der Waals surface area contributed by atoms with Gasteiger partial charge < -0.3 is 34.4 Å². The van der Waals surface area contributed by atoms with Gasteiger partial charge >= 0.3 is 12.1 Å². The summed E-state index contributed by atoms with van der Waals surface area (Å²) >= 11 is 0. The molecule has 258 valence electrons. The molecule has 3 aromatic rings. The van der Waals surface area contributed by atoms with Gasteiger partial charge in [0.2, 0.25) is 0 Å². The van der Waals surface area contributed by atoms with Crippen molar-refractivity contribution in [2.24, 2.45) is 5.41 Å². The second-order valence-electron chi connectivity index (χ2n) is 14.7. The number of hydrogen-bond acceptors (Lipinski definition) is 10. The van der Waals surface area contributed by atoms with Crippen LogP contribution in [0.2, 0.25) is 0 Å². The summed E-state index contributed by atoms with van der Waals surface area (Å²) < 4.78 is 19.8. The molecule has 4 aliphatic rings. The van der Waals surface area contributed by atoms with Crippen LogP contribution in [0.3, 0.4) is 0 Å². The van der Waals surface area contributed by atoms with Crippen molar-refractivity contribution in [1.82, 2.24) is 25.1 Å². The Bertz CT molecular complexity index is 1670. The maximum Gasteiger partial charge on any atom is 0.407 e. The van der Waals surface area contributed by atoms with Crippen LogP contribution in [0.25, 0.3) is 11.2 Å². The molecule has 6 heterocycles. The lowest BCUT2D eigenvalue weighted by atomic mass is 9.73. The summed E-state index contributed by atoms with van der Waals surface area (Å²) in [6.07, 6.45) is 7.36. The van der Waals surface area contributed by atoms with Crippen LogP contribution in [0.5, 0.6) is 0 Å². The number of carbonyl (C=O) groups is 2. The van der Waals surface area contributed by atoms with Gasteiger partial charge in [-0.3, -0.25) is 4.79 Å². The number of benzene rings is 1. The van der Waals surface area contributed by atoms with Crippen molar-refractivity contribution in [3.63, 3.8) is 0 Å². The Kier molecular flexibility index (Phi) is 8.69. The first-order valence-electron chi connectivity index (χ1n) is 17.3. The minimum atomic E-state index is -0.837. The highest BCUT2D eigenvalue weighted by atomic mass is 16.6. The fourth-order valence-corrected chi connectivity index (χ4v) is 7.90. The van der Waals surface area contributed by atoms with Crippen LogP contribution in [0.15, 0.2) is 24.4 Å². The molecule has 0 radical (unpaired) electrons. The van der Waals surface area contributed by atoms with Crippen LogP contribution in [-0.2, 0) is 31.8 Å². The third-order valence-electron chi connectivity index (χ3n) is 10.3. The number of fused-ring (bicyclic) bond motifs is 2. The minimum absolute atomic E-state index is 0.00868. The predicted octanol–water partition coefficient (Wildman–Crippen LogP) is 5.14. The van der Waals surface area contributed by atoms with E-state index in [2.05, 4.69) is 15.1 Å². The number of aliphatic carboxylic acids is 1. The van der Waals surface area contributed by atoms with Crippen molar-refractivity contribution in [2.45, 2.75) is 103 Å². The number of carbonyl (C=O) groups excluding carboxylic acids is 1. The Hall–Kier alpha value is -3.97. The van der Waals surface area contributed by atoms with Crippen LogP contribution in [0, 0.1) is 5.41 Å². The number of amides is 1. The van der Waals surface area contributed by atoms with Crippen LogP contribution in [0.1, 0.15) is 83.6 Å². The van der Waals surface area contributed by atoms with E-state index in [0.29, 0.717) is 24.4 Å². The summed E-state index contributed by atoms with van der Waals surface area (Å²) in [6, 6.07) is 5.74. The summed E-state index contributed by atoms with van der Waals surface area (Å²) in [4.78, 5) is 39.0. The largest absolute Gasteiger partial charge is 0.481 e. The monoisotopic (exact) mass is 661 g/mol. The SMILES string of the molecule is C[C@@H]1OCC2(CCN(c3cnc4c(N5CCCc6c(CC(=O)O)cccc65)nn(C5CCCCO5)c4n3)CC2)[C@@H]1NC(=O)OC(C)(C)C. The van der Waals surface area contributed by atoms with Crippen molar-refractivity contribution in [3.8, 4) is 0 Å². The molecule has 3 fully saturated rings. The molecule has 2 N–H and O–H groups in total. The molecule has 0 bridgehead atoms. The number of nitrogens with zero attached hydrogens (tertiary/aromatic N) is 6. The first-order chi connectivity index (χ1) is 23.0. The molecule has 1 amide bonds. The molecule has 3 atom stereocenters. The Morgan fingerprint density at radius 2 is 1.94 bits per heavy atom. The molecule has 48 heavy (non-hydrogen) atoms. The lowest BCUT2D eigenvalue weighted by molar-refractivity contribution is -0.136. The minimum Gasteiger partial charge on any atom is -0.481 e. The van der Waals surface area contributed by atoms with Crippen molar-refractivity contribution < 1.29 is 28.9 Å². The maximum absolute atomic E-state index is 12.7. The number of alkyl carbamates (subject to hydrolysis) is 1. The van der Waals surface area contributed by atoms with Gasteiger partial charge in [0, 0.05) is 37.3 Å². The summed E-state index contributed by atoms with van der Waals surface area (Å²) in [6.45, 7) is 11.1. The van der Waals surface area contributed by atoms with Gasteiger partial charge in [0.25, 0.3) is 0 Å². The standard InChI is InChI=1S/C35H47N7O6/c1-22-30(38-33(45)48-34(2,3)4)35(21-47-22)13-16-40(17-14-35)26-20-36-29-31(37-26)42(27-12-5-6-18-46-27)39-32(29)41-15-8-10-24-23(19-28(43)44)9-7-11-25(24)41/h7,9,11,20,22,27,30H,5-6,8,10,12-19,21H2,1-4H3,(H,38,45)(H,43,44)/t22-,27?,30+/m0/s1. The highest BCUT2D eigenvalue weighted by molar-refractivity contribution is 5.89. The number of rotatable bonds is 6. The number of nitrogens with one attached hydrogen (secondary N) is 1. The van der Waals surface area contributed by atoms with Gasteiger partial charge in [0.05, 0.1) is 31.4 Å². The number of hydrogen-bond donors (Lipinski definition) is 2. The highest BCUT2D eigenvalue weighted by Gasteiger charge is 2.50. The molecule has 0 saturated carbocycles. The third kappa shape index (κ3) is 6.29. The highest BCUT2D eigenvalue weighted by Crippen LogP contribution is 2.44. The number of carboxylic acid groups (broad SMARTS) is 1. The molecular weight excluding hydrogens is 614 g/mol. The molecule has 1 spiro atoms. The second kappa shape index (κ2) is 12.8. The van der Waals surface area contributed by atoms with E-state index in [4.69, 9.17) is 29.3 Å². The van der Waals surface area contributed by atoms with Crippen molar-refractivity contribution in [1.29, 1.82) is 0 Å². The van der Waals surface area contributed by atoms with Gasteiger partial charge in [-0.2, -0.15) is 0 Å². The fraction of sp³-hybridized carbons (Fsp3) is 0.629. The molecule has 7 rings (SSSR count). The molecule has 3 saturated heterocycles. The fourth-order valence-electron chi connectivity index (χ4n) is 7.90. The Balaban J connectivity index is 1.17. The van der Waals surface area contributed by atoms with E-state index in [1.54, 1.807) is 0 Å². The van der Waals surface area contributed by atoms with E-state index < -0.39 is 17.7 Å². The number of aromatic nitrogens is 4. The van der Waals surface area contributed by atoms with Gasteiger partial charge in [0.15, 0.2) is 23.2 Å². The zero-order valence-corrected chi connectivity index (χ0v) is 28.4. The summed E-state index contributed by atoms with van der Waals surface area (Å²) in [7, 11) is 0. The predicted molar refractivity (Wildman–Crippen MR) is 180 cm³/mol. The zero-order chi connectivity index (χ0) is 33.6. The summed E-state index contributed by atoms with van der Waals surface area (Å²) in [5.41, 5.74) is 3.51. The van der Waals surface area contributed by atoms with E-state index in [-0.39, 0.29) is 30.2 Å².